The van der Waals surface area contributed by atoms with Gasteiger partial charge in [-0.25, -0.2) is 4.98 Å². The van der Waals surface area contributed by atoms with Crippen molar-refractivity contribution in [2.24, 2.45) is 0 Å². The average molecular weight is 257 g/mol. The minimum atomic E-state index is -0.879. The van der Waals surface area contributed by atoms with E-state index in [9.17, 15) is 4.79 Å². The summed E-state index contributed by atoms with van der Waals surface area (Å²) >= 11 is 1.41. The molecule has 6 heteroatoms. The highest BCUT2D eigenvalue weighted by molar-refractivity contribution is 7.07. The third kappa shape index (κ3) is 4.41. The summed E-state index contributed by atoms with van der Waals surface area (Å²) in [5.41, 5.74) is 2.24. The van der Waals surface area contributed by atoms with Gasteiger partial charge >= 0.3 is 5.97 Å². The summed E-state index contributed by atoms with van der Waals surface area (Å²) in [6.07, 6.45) is 0. The van der Waals surface area contributed by atoms with Crippen molar-refractivity contribution in [3.63, 3.8) is 0 Å². The Morgan fingerprint density at radius 3 is 2.76 bits per heavy atom. The largest absolute Gasteiger partial charge is 0.480 e. The first-order valence-corrected chi connectivity index (χ1v) is 6.69. The molecule has 5 nitrogen and oxygen atoms in total. The molecule has 0 bridgehead atoms. The van der Waals surface area contributed by atoms with Gasteiger partial charge in [0.15, 0.2) is 0 Å². The van der Waals surface area contributed by atoms with Crippen LogP contribution >= 0.6 is 11.3 Å². The third-order valence-electron chi connectivity index (χ3n) is 2.67. The molecule has 17 heavy (non-hydrogen) atoms. The number of nitrogens with one attached hydrogen (secondary N) is 1. The molecule has 0 spiro atoms. The lowest BCUT2D eigenvalue weighted by Crippen LogP contribution is -2.36. The highest BCUT2D eigenvalue weighted by atomic mass is 32.1. The highest BCUT2D eigenvalue weighted by Gasteiger charge is 2.20. The Morgan fingerprint density at radius 2 is 2.29 bits per heavy atom. The lowest BCUT2D eigenvalue weighted by atomic mass is 10.2. The van der Waals surface area contributed by atoms with Crippen molar-refractivity contribution >= 4 is 17.3 Å². The van der Waals surface area contributed by atoms with Crippen LogP contribution in [0.25, 0.3) is 0 Å². The highest BCUT2D eigenvalue weighted by Crippen LogP contribution is 2.12. The van der Waals surface area contributed by atoms with Gasteiger partial charge in [0, 0.05) is 18.5 Å². The quantitative estimate of drug-likeness (QED) is 0.732. The van der Waals surface area contributed by atoms with Crippen molar-refractivity contribution in [3.05, 3.63) is 16.6 Å². The molecule has 1 unspecified atom stereocenters. The van der Waals surface area contributed by atoms with Crippen LogP contribution in [0.4, 0.5) is 0 Å². The van der Waals surface area contributed by atoms with Crippen LogP contribution in [0.3, 0.4) is 0 Å². The van der Waals surface area contributed by atoms with Crippen molar-refractivity contribution in [1.82, 2.24) is 15.2 Å². The Balaban J connectivity index is 2.44. The Morgan fingerprint density at radius 1 is 1.59 bits per heavy atom. The lowest BCUT2D eigenvalue weighted by Gasteiger charge is -2.19. The molecule has 1 rings (SSSR count). The van der Waals surface area contributed by atoms with Crippen molar-refractivity contribution < 1.29 is 9.90 Å². The molecule has 96 valence electrons. The number of carbonyl (C=O) groups is 1. The number of thiazole rings is 1. The molecule has 0 aliphatic heterocycles. The zero-order valence-corrected chi connectivity index (χ0v) is 11.0. The Hall–Kier alpha value is -0.980. The molecule has 0 aliphatic carbocycles. The van der Waals surface area contributed by atoms with Crippen LogP contribution in [0, 0.1) is 0 Å². The fourth-order valence-corrected chi connectivity index (χ4v) is 2.17. The number of hydrogen-bond donors (Lipinski definition) is 2. The maximum absolute atomic E-state index is 11.1. The molecule has 0 fully saturated rings. The second-order valence-corrected chi connectivity index (χ2v) is 4.38. The second kappa shape index (κ2) is 7.37. The predicted molar refractivity (Wildman–Crippen MR) is 68.3 cm³/mol. The van der Waals surface area contributed by atoms with Crippen LogP contribution in [-0.2, 0) is 4.79 Å². The van der Waals surface area contributed by atoms with Gasteiger partial charge in [-0.05, 0) is 13.1 Å². The maximum atomic E-state index is 11.1. The van der Waals surface area contributed by atoms with Gasteiger partial charge in [0.2, 0.25) is 0 Å². The Labute approximate surface area is 105 Å². The Kier molecular flexibility index (Phi) is 6.10. The smallest absolute Gasteiger partial charge is 0.327 e. The standard InChI is InChI=1S/C11H19N3O2S/c1-3-14(4-2)6-5-12-10(11(15)16)9-7-17-8-13-9/h7-8,10,12H,3-6H2,1-2H3,(H,15,16). The van der Waals surface area contributed by atoms with Crippen LogP contribution in [0.2, 0.25) is 0 Å². The van der Waals surface area contributed by atoms with E-state index in [0.717, 1.165) is 19.6 Å². The number of aromatic nitrogens is 1. The summed E-state index contributed by atoms with van der Waals surface area (Å²) in [7, 11) is 0. The first-order valence-electron chi connectivity index (χ1n) is 5.75. The summed E-state index contributed by atoms with van der Waals surface area (Å²) in [5, 5.41) is 13.9. The van der Waals surface area contributed by atoms with Gasteiger partial charge in [0.25, 0.3) is 0 Å². The van der Waals surface area contributed by atoms with Crippen molar-refractivity contribution in [2.75, 3.05) is 26.2 Å². The minimum Gasteiger partial charge on any atom is -0.480 e. The van der Waals surface area contributed by atoms with Gasteiger partial charge in [-0.3, -0.25) is 10.1 Å². The third-order valence-corrected chi connectivity index (χ3v) is 3.27. The van der Waals surface area contributed by atoms with E-state index < -0.39 is 12.0 Å². The first-order chi connectivity index (χ1) is 8.19. The molecule has 2 N–H and O–H groups in total. The van der Waals surface area contributed by atoms with Crippen LogP contribution in [0.5, 0.6) is 0 Å². The summed E-state index contributed by atoms with van der Waals surface area (Å²) in [6.45, 7) is 7.65. The van der Waals surface area contributed by atoms with Gasteiger partial charge in [0.1, 0.15) is 6.04 Å². The molecule has 1 atom stereocenters. The minimum absolute atomic E-state index is 0.585. The van der Waals surface area contributed by atoms with Crippen LogP contribution in [0.1, 0.15) is 25.6 Å². The van der Waals surface area contributed by atoms with E-state index >= 15 is 0 Å². The molecule has 1 heterocycles. The van der Waals surface area contributed by atoms with E-state index in [1.165, 1.54) is 11.3 Å². The van der Waals surface area contributed by atoms with E-state index in [0.29, 0.717) is 12.2 Å². The fourth-order valence-electron chi connectivity index (χ4n) is 1.59. The summed E-state index contributed by atoms with van der Waals surface area (Å²) in [4.78, 5) is 17.4. The summed E-state index contributed by atoms with van der Waals surface area (Å²) in [6, 6.07) is -0.697. The van der Waals surface area contributed by atoms with E-state index in [2.05, 4.69) is 29.0 Å². The molecule has 0 radical (unpaired) electrons. The van der Waals surface area contributed by atoms with Gasteiger partial charge in [-0.15, -0.1) is 11.3 Å². The summed E-state index contributed by atoms with van der Waals surface area (Å²) in [5.74, 6) is -0.879. The number of rotatable bonds is 8. The molecule has 0 saturated heterocycles. The van der Waals surface area contributed by atoms with E-state index in [1.807, 2.05) is 0 Å². The SMILES string of the molecule is CCN(CC)CCNC(C(=O)O)c1cscn1. The van der Waals surface area contributed by atoms with E-state index in [4.69, 9.17) is 5.11 Å². The Bertz CT molecular complexity index is 325. The van der Waals surface area contributed by atoms with Crippen LogP contribution < -0.4 is 5.32 Å². The lowest BCUT2D eigenvalue weighted by molar-refractivity contribution is -0.139. The van der Waals surface area contributed by atoms with Gasteiger partial charge < -0.3 is 10.0 Å². The van der Waals surface area contributed by atoms with Crippen molar-refractivity contribution in [1.29, 1.82) is 0 Å². The van der Waals surface area contributed by atoms with Crippen molar-refractivity contribution in [3.8, 4) is 0 Å². The van der Waals surface area contributed by atoms with Crippen LogP contribution in [0.15, 0.2) is 10.9 Å². The molecule has 0 saturated carbocycles. The molecular formula is C11H19N3O2S. The monoisotopic (exact) mass is 257 g/mol. The van der Waals surface area contributed by atoms with Crippen molar-refractivity contribution in [2.45, 2.75) is 19.9 Å². The molecule has 1 aromatic rings. The first kappa shape index (κ1) is 14.1. The molecule has 0 aromatic carbocycles. The zero-order valence-electron chi connectivity index (χ0n) is 10.2. The molecular weight excluding hydrogens is 238 g/mol. The number of carboxylic acids is 1. The topological polar surface area (TPSA) is 65.5 Å². The number of carboxylic acid groups (broad SMARTS) is 1. The van der Waals surface area contributed by atoms with Gasteiger partial charge in [-0.2, -0.15) is 0 Å². The molecule has 0 aliphatic rings. The van der Waals surface area contributed by atoms with E-state index in [-0.39, 0.29) is 0 Å². The summed E-state index contributed by atoms with van der Waals surface area (Å²) < 4.78 is 0. The fraction of sp³-hybridized carbons (Fsp3) is 0.636. The van der Waals surface area contributed by atoms with Gasteiger partial charge in [0.05, 0.1) is 11.2 Å². The predicted octanol–water partition coefficient (Wildman–Crippen LogP) is 1.20. The second-order valence-electron chi connectivity index (χ2n) is 3.67. The molecule has 0 amide bonds. The normalized spacial score (nSPS) is 12.9. The number of aliphatic carboxylic acids is 1. The number of nitrogens with zero attached hydrogens (tertiary/aromatic N) is 2. The van der Waals surface area contributed by atoms with Crippen LogP contribution in [-0.4, -0.2) is 47.1 Å². The van der Waals surface area contributed by atoms with Gasteiger partial charge in [-0.1, -0.05) is 13.8 Å². The zero-order chi connectivity index (χ0) is 12.7. The number of hydrogen-bond acceptors (Lipinski definition) is 5. The maximum Gasteiger partial charge on any atom is 0.327 e. The number of likely N-dealkylation sites (N-methyl/N-ethyl adjacent to an activating group) is 1. The molecule has 1 aromatic heterocycles. The average Bonchev–Trinajstić information content (AvgIpc) is 2.82. The van der Waals surface area contributed by atoms with E-state index in [1.54, 1.807) is 10.9 Å².